The van der Waals surface area contributed by atoms with Crippen LogP contribution in [-0.2, 0) is 6.54 Å². The summed E-state index contributed by atoms with van der Waals surface area (Å²) in [4.78, 5) is 31.4. The Morgan fingerprint density at radius 1 is 1.07 bits per heavy atom. The Bertz CT molecular complexity index is 1050. The third-order valence-corrected chi connectivity index (χ3v) is 5.05. The number of nitrogens with zero attached hydrogens (tertiary/aromatic N) is 3. The third kappa shape index (κ3) is 3.35. The topological polar surface area (TPSA) is 55.2 Å². The van der Waals surface area contributed by atoms with E-state index in [1.54, 1.807) is 22.8 Å². The summed E-state index contributed by atoms with van der Waals surface area (Å²) in [7, 11) is 0. The first-order valence-corrected chi connectivity index (χ1v) is 9.15. The van der Waals surface area contributed by atoms with Gasteiger partial charge in [0.25, 0.3) is 5.56 Å². The molecule has 5 nitrogen and oxygen atoms in total. The number of fused-ring (bicyclic) bond motifs is 1. The molecule has 1 aliphatic rings. The molecular weight excluding hydrogens is 345 g/mol. The molecule has 4 rings (SSSR count). The molecule has 2 aromatic carbocycles. The number of benzene rings is 2. The van der Waals surface area contributed by atoms with Crippen LogP contribution in [0.25, 0.3) is 10.9 Å². The molecular formula is C21H20FN3O2. The van der Waals surface area contributed by atoms with Crippen LogP contribution in [0.4, 0.5) is 10.3 Å². The third-order valence-electron chi connectivity index (χ3n) is 5.05. The molecule has 0 saturated carbocycles. The van der Waals surface area contributed by atoms with Crippen molar-refractivity contribution in [3.05, 3.63) is 69.8 Å². The number of hydrogen-bond donors (Lipinski definition) is 0. The maximum atomic E-state index is 13.7. The standard InChI is InChI=1S/C21H20FN3O2/c22-17-8-9-19-18(12-17)20(27)25(13-15-6-2-3-7-16(15)14-26)21(23-19)24-10-4-1-5-11-24/h2-3,6-9,12,14H,1,4-5,10-11,13H2. The second kappa shape index (κ2) is 7.31. The van der Waals surface area contributed by atoms with Crippen molar-refractivity contribution >= 4 is 23.1 Å². The highest BCUT2D eigenvalue weighted by Crippen LogP contribution is 2.21. The SMILES string of the molecule is O=Cc1ccccc1Cn1c(N2CCCCC2)nc2ccc(F)cc2c1=O. The molecule has 0 bridgehead atoms. The molecule has 0 spiro atoms. The Morgan fingerprint density at radius 2 is 1.85 bits per heavy atom. The van der Waals surface area contributed by atoms with E-state index in [2.05, 4.69) is 9.88 Å². The van der Waals surface area contributed by atoms with Crippen LogP contribution in [0.15, 0.2) is 47.3 Å². The first kappa shape index (κ1) is 17.4. The number of rotatable bonds is 4. The van der Waals surface area contributed by atoms with Crippen molar-refractivity contribution in [3.8, 4) is 0 Å². The molecule has 1 saturated heterocycles. The minimum Gasteiger partial charge on any atom is -0.342 e. The van der Waals surface area contributed by atoms with Gasteiger partial charge in [0.1, 0.15) is 12.1 Å². The highest BCUT2D eigenvalue weighted by atomic mass is 19.1. The van der Waals surface area contributed by atoms with E-state index in [-0.39, 0.29) is 17.5 Å². The molecule has 2 heterocycles. The summed E-state index contributed by atoms with van der Waals surface area (Å²) >= 11 is 0. The lowest BCUT2D eigenvalue weighted by Gasteiger charge is -2.30. The van der Waals surface area contributed by atoms with Crippen LogP contribution in [0.5, 0.6) is 0 Å². The minimum absolute atomic E-state index is 0.221. The molecule has 0 aliphatic carbocycles. The summed E-state index contributed by atoms with van der Waals surface area (Å²) < 4.78 is 15.3. The first-order valence-electron chi connectivity index (χ1n) is 9.15. The summed E-state index contributed by atoms with van der Waals surface area (Å²) in [6.45, 7) is 1.88. The van der Waals surface area contributed by atoms with Crippen LogP contribution in [-0.4, -0.2) is 28.9 Å². The number of carbonyl (C=O) groups excluding carboxylic acids is 1. The largest absolute Gasteiger partial charge is 0.342 e. The molecule has 0 unspecified atom stereocenters. The number of aldehydes is 1. The zero-order valence-electron chi connectivity index (χ0n) is 14.9. The predicted molar refractivity (Wildman–Crippen MR) is 103 cm³/mol. The Morgan fingerprint density at radius 3 is 2.63 bits per heavy atom. The van der Waals surface area contributed by atoms with Gasteiger partial charge in [-0.2, -0.15) is 0 Å². The van der Waals surface area contributed by atoms with E-state index in [4.69, 9.17) is 0 Å². The maximum absolute atomic E-state index is 13.7. The molecule has 0 radical (unpaired) electrons. The van der Waals surface area contributed by atoms with Gasteiger partial charge >= 0.3 is 0 Å². The van der Waals surface area contributed by atoms with Crippen molar-refractivity contribution in [2.75, 3.05) is 18.0 Å². The van der Waals surface area contributed by atoms with Crippen molar-refractivity contribution in [1.29, 1.82) is 0 Å². The van der Waals surface area contributed by atoms with Crippen LogP contribution in [0.1, 0.15) is 35.2 Å². The molecule has 0 N–H and O–H groups in total. The molecule has 0 amide bonds. The van der Waals surface area contributed by atoms with Gasteiger partial charge in [0, 0.05) is 18.7 Å². The minimum atomic E-state index is -0.466. The molecule has 138 valence electrons. The highest BCUT2D eigenvalue weighted by molar-refractivity contribution is 5.79. The zero-order valence-corrected chi connectivity index (χ0v) is 14.9. The molecule has 3 aromatic rings. The lowest BCUT2D eigenvalue weighted by molar-refractivity contribution is 0.112. The molecule has 27 heavy (non-hydrogen) atoms. The van der Waals surface area contributed by atoms with Gasteiger partial charge in [-0.1, -0.05) is 24.3 Å². The lowest BCUT2D eigenvalue weighted by Crippen LogP contribution is -2.36. The van der Waals surface area contributed by atoms with Gasteiger partial charge in [0.05, 0.1) is 17.4 Å². The van der Waals surface area contributed by atoms with E-state index in [1.807, 2.05) is 12.1 Å². The van der Waals surface area contributed by atoms with Gasteiger partial charge in [0.15, 0.2) is 0 Å². The van der Waals surface area contributed by atoms with Crippen LogP contribution in [0, 0.1) is 5.82 Å². The van der Waals surface area contributed by atoms with Crippen molar-refractivity contribution in [1.82, 2.24) is 9.55 Å². The van der Waals surface area contributed by atoms with E-state index in [0.717, 1.165) is 44.2 Å². The van der Waals surface area contributed by atoms with Crippen LogP contribution < -0.4 is 10.5 Å². The van der Waals surface area contributed by atoms with E-state index in [1.165, 1.54) is 12.1 Å². The van der Waals surface area contributed by atoms with Crippen molar-refractivity contribution in [3.63, 3.8) is 0 Å². The Balaban J connectivity index is 1.91. The Kier molecular flexibility index (Phi) is 4.71. The average molecular weight is 365 g/mol. The second-order valence-electron chi connectivity index (χ2n) is 6.83. The lowest BCUT2D eigenvalue weighted by atomic mass is 10.1. The van der Waals surface area contributed by atoms with Crippen LogP contribution in [0.3, 0.4) is 0 Å². The average Bonchev–Trinajstić information content (AvgIpc) is 2.71. The number of hydrogen-bond acceptors (Lipinski definition) is 4. The number of anilines is 1. The first-order chi connectivity index (χ1) is 13.2. The predicted octanol–water partition coefficient (Wildman–Crippen LogP) is 3.39. The Hall–Kier alpha value is -3.02. The zero-order chi connectivity index (χ0) is 18.8. The summed E-state index contributed by atoms with van der Waals surface area (Å²) in [6, 6.07) is 11.3. The fourth-order valence-corrected chi connectivity index (χ4v) is 3.62. The van der Waals surface area contributed by atoms with Gasteiger partial charge in [-0.15, -0.1) is 0 Å². The van der Waals surface area contributed by atoms with Crippen LogP contribution in [0.2, 0.25) is 0 Å². The fourth-order valence-electron chi connectivity index (χ4n) is 3.62. The number of carbonyl (C=O) groups is 1. The van der Waals surface area contributed by atoms with Gasteiger partial charge in [-0.25, -0.2) is 9.37 Å². The monoisotopic (exact) mass is 365 g/mol. The normalized spacial score (nSPS) is 14.5. The molecule has 1 fully saturated rings. The number of aromatic nitrogens is 2. The van der Waals surface area contributed by atoms with Gasteiger partial charge < -0.3 is 4.90 Å². The van der Waals surface area contributed by atoms with Crippen molar-refractivity contribution in [2.45, 2.75) is 25.8 Å². The number of halogens is 1. The fraction of sp³-hybridized carbons (Fsp3) is 0.286. The maximum Gasteiger partial charge on any atom is 0.263 e. The van der Waals surface area contributed by atoms with Crippen molar-refractivity contribution < 1.29 is 9.18 Å². The number of piperidine rings is 1. The summed E-state index contributed by atoms with van der Waals surface area (Å²) in [5.41, 5.74) is 1.47. The van der Waals surface area contributed by atoms with Crippen LogP contribution >= 0.6 is 0 Å². The Labute approximate surface area is 156 Å². The molecule has 0 atom stereocenters. The van der Waals surface area contributed by atoms with Gasteiger partial charge in [-0.05, 0) is 43.0 Å². The van der Waals surface area contributed by atoms with E-state index >= 15 is 0 Å². The second-order valence-corrected chi connectivity index (χ2v) is 6.83. The highest BCUT2D eigenvalue weighted by Gasteiger charge is 2.20. The van der Waals surface area contributed by atoms with Gasteiger partial charge in [0.2, 0.25) is 5.95 Å². The van der Waals surface area contributed by atoms with Gasteiger partial charge in [-0.3, -0.25) is 14.2 Å². The smallest absolute Gasteiger partial charge is 0.263 e. The van der Waals surface area contributed by atoms with E-state index in [0.29, 0.717) is 17.0 Å². The molecule has 6 heteroatoms. The van der Waals surface area contributed by atoms with Crippen molar-refractivity contribution in [2.24, 2.45) is 0 Å². The van der Waals surface area contributed by atoms with E-state index < -0.39 is 5.82 Å². The summed E-state index contributed by atoms with van der Waals surface area (Å²) in [5, 5.41) is 0.249. The van der Waals surface area contributed by atoms with E-state index in [9.17, 15) is 14.0 Å². The summed E-state index contributed by atoms with van der Waals surface area (Å²) in [6.07, 6.45) is 4.03. The molecule has 1 aromatic heterocycles. The molecule has 1 aliphatic heterocycles. The summed E-state index contributed by atoms with van der Waals surface area (Å²) in [5.74, 6) is 0.117. The quantitative estimate of drug-likeness (QED) is 0.665.